The highest BCUT2D eigenvalue weighted by molar-refractivity contribution is 7.99. The fraction of sp³-hybridized carbons (Fsp3) is 0.318. The van der Waals surface area contributed by atoms with E-state index < -0.39 is 53.8 Å². The predicted molar refractivity (Wildman–Crippen MR) is 119 cm³/mol. The summed E-state index contributed by atoms with van der Waals surface area (Å²) in [6.07, 6.45) is -2.57. The maximum absolute atomic E-state index is 13.6. The van der Waals surface area contributed by atoms with E-state index in [1.54, 1.807) is 24.3 Å². The van der Waals surface area contributed by atoms with Gasteiger partial charge in [0.05, 0.1) is 12.8 Å². The molecule has 9 nitrogen and oxygen atoms in total. The molecule has 0 bridgehead atoms. The van der Waals surface area contributed by atoms with Gasteiger partial charge in [0.2, 0.25) is 5.91 Å². The van der Waals surface area contributed by atoms with Crippen molar-refractivity contribution in [1.82, 2.24) is 15.0 Å². The average molecular weight is 510 g/mol. The number of halogens is 3. The molecule has 1 aliphatic heterocycles. The number of hydrogen-bond acceptors (Lipinski definition) is 8. The molecule has 0 spiro atoms. The van der Waals surface area contributed by atoms with Crippen LogP contribution in [0.15, 0.2) is 47.5 Å². The van der Waals surface area contributed by atoms with Crippen LogP contribution in [0.5, 0.6) is 0 Å². The first-order valence-corrected chi connectivity index (χ1v) is 11.3. The molecule has 4 N–H and O–H groups in total. The quantitative estimate of drug-likeness (QED) is 0.371. The molecule has 35 heavy (non-hydrogen) atoms. The lowest BCUT2D eigenvalue weighted by Crippen LogP contribution is -2.55. The lowest BCUT2D eigenvalue weighted by molar-refractivity contribution is -0.178. The third-order valence-corrected chi connectivity index (χ3v) is 6.54. The summed E-state index contributed by atoms with van der Waals surface area (Å²) in [5.74, 6) is -4.64. The summed E-state index contributed by atoms with van der Waals surface area (Å²) < 4.78 is 47.4. The summed E-state index contributed by atoms with van der Waals surface area (Å²) in [5.41, 5.74) is -0.475. The Kier molecular flexibility index (Phi) is 7.42. The highest BCUT2D eigenvalue weighted by Gasteiger charge is 2.46. The van der Waals surface area contributed by atoms with Crippen LogP contribution in [0.4, 0.5) is 18.9 Å². The van der Waals surface area contributed by atoms with Gasteiger partial charge in [-0.15, -0.1) is 5.10 Å². The molecule has 1 fully saturated rings. The van der Waals surface area contributed by atoms with E-state index in [1.165, 1.54) is 13.1 Å². The highest BCUT2D eigenvalue weighted by atomic mass is 32.2. The maximum Gasteiger partial charge on any atom is 0.221 e. The van der Waals surface area contributed by atoms with Crippen LogP contribution in [0.1, 0.15) is 13.0 Å². The number of anilines is 1. The summed E-state index contributed by atoms with van der Waals surface area (Å²) in [6, 6.07) is 7.11. The molecule has 0 saturated carbocycles. The Morgan fingerprint density at radius 2 is 1.80 bits per heavy atom. The first-order valence-electron chi connectivity index (χ1n) is 10.4. The van der Waals surface area contributed by atoms with Gasteiger partial charge in [-0.25, -0.2) is 17.9 Å². The maximum atomic E-state index is 13.6. The Hall–Kier alpha value is -2.97. The second kappa shape index (κ2) is 10.3. The summed E-state index contributed by atoms with van der Waals surface area (Å²) >= 11 is 1.12. The number of benzene rings is 2. The molecule has 1 aromatic heterocycles. The molecule has 5 atom stereocenters. The number of aliphatic hydroxyl groups is 3. The number of aromatic nitrogens is 3. The lowest BCUT2D eigenvalue weighted by Gasteiger charge is -2.41. The first-order chi connectivity index (χ1) is 16.7. The fourth-order valence-electron chi connectivity index (χ4n) is 3.69. The van der Waals surface area contributed by atoms with E-state index in [9.17, 15) is 33.3 Å². The molecule has 2 heterocycles. The van der Waals surface area contributed by atoms with E-state index in [4.69, 9.17) is 4.74 Å². The molecule has 3 aromatic rings. The lowest BCUT2D eigenvalue weighted by atomic mass is 9.97. The third-order valence-electron chi connectivity index (χ3n) is 5.37. The van der Waals surface area contributed by atoms with E-state index in [0.717, 1.165) is 28.6 Å². The second-order valence-corrected chi connectivity index (χ2v) is 9.03. The topological polar surface area (TPSA) is 130 Å². The van der Waals surface area contributed by atoms with Gasteiger partial charge in [-0.05, 0) is 36.4 Å². The minimum Gasteiger partial charge on any atom is -0.394 e. The molecule has 0 aliphatic carbocycles. The van der Waals surface area contributed by atoms with Crippen molar-refractivity contribution in [3.05, 3.63) is 60.0 Å². The highest BCUT2D eigenvalue weighted by Crippen LogP contribution is 2.38. The average Bonchev–Trinajstić information content (AvgIpc) is 3.29. The van der Waals surface area contributed by atoms with Crippen molar-refractivity contribution in [3.63, 3.8) is 0 Å². The number of hydrogen-bond donors (Lipinski definition) is 4. The van der Waals surface area contributed by atoms with E-state index in [2.05, 4.69) is 15.6 Å². The minimum atomic E-state index is -1.62. The van der Waals surface area contributed by atoms with Crippen LogP contribution in [0, 0.1) is 17.5 Å². The number of aliphatic hydroxyl groups excluding tert-OH is 3. The van der Waals surface area contributed by atoms with Crippen LogP contribution >= 0.6 is 11.8 Å². The number of thioether (sulfide) groups is 1. The largest absolute Gasteiger partial charge is 0.394 e. The molecule has 2 aromatic carbocycles. The molecule has 13 heteroatoms. The Labute approximate surface area is 201 Å². The van der Waals surface area contributed by atoms with Crippen LogP contribution in [-0.2, 0) is 9.53 Å². The first kappa shape index (κ1) is 25.1. The van der Waals surface area contributed by atoms with Crippen molar-refractivity contribution >= 4 is 23.4 Å². The molecule has 1 saturated heterocycles. The zero-order valence-corrected chi connectivity index (χ0v) is 19.0. The van der Waals surface area contributed by atoms with E-state index in [1.807, 2.05) is 0 Å². The number of nitrogens with one attached hydrogen (secondary N) is 1. The van der Waals surface area contributed by atoms with Crippen molar-refractivity contribution < 1.29 is 38.0 Å². The summed E-state index contributed by atoms with van der Waals surface area (Å²) in [7, 11) is 0. The van der Waals surface area contributed by atoms with Crippen molar-refractivity contribution in [2.75, 3.05) is 11.9 Å². The van der Waals surface area contributed by atoms with Gasteiger partial charge in [0.25, 0.3) is 0 Å². The van der Waals surface area contributed by atoms with Gasteiger partial charge >= 0.3 is 0 Å². The van der Waals surface area contributed by atoms with Crippen LogP contribution < -0.4 is 5.32 Å². The molecule has 1 amide bonds. The normalized spacial score (nSPS) is 24.4. The van der Waals surface area contributed by atoms with Crippen molar-refractivity contribution in [2.24, 2.45) is 0 Å². The third kappa shape index (κ3) is 5.33. The van der Waals surface area contributed by atoms with Crippen molar-refractivity contribution in [2.45, 2.75) is 41.6 Å². The van der Waals surface area contributed by atoms with Crippen molar-refractivity contribution in [1.29, 1.82) is 0 Å². The number of rotatable bonds is 6. The standard InChI is InChI=1S/C22H21F3N4O5S/c1-10(31)26-12-2-4-13(5-3-12)35-22-21(33)19(20(32)17(9-30)34-22)29-8-16(27-28-29)11-6-14(23)18(25)15(24)7-11/h2-8,17,19-22,30,32-33H,9H2,1H3,(H,26,31)/t17-,19+,20+,21-,22+/m1/s1. The predicted octanol–water partition coefficient (Wildman–Crippen LogP) is 2.09. The Morgan fingerprint density at radius 1 is 1.14 bits per heavy atom. The molecule has 0 unspecified atom stereocenters. The fourth-order valence-corrected chi connectivity index (χ4v) is 4.75. The summed E-state index contributed by atoms with van der Waals surface area (Å²) in [6.45, 7) is 0.826. The van der Waals surface area contributed by atoms with Crippen LogP contribution in [0.25, 0.3) is 11.3 Å². The van der Waals surface area contributed by atoms with Crippen LogP contribution in [0.3, 0.4) is 0 Å². The summed E-state index contributed by atoms with van der Waals surface area (Å²) in [5, 5.41) is 41.8. The van der Waals surface area contributed by atoms with Gasteiger partial charge in [0.1, 0.15) is 35.5 Å². The minimum absolute atomic E-state index is 0.0213. The summed E-state index contributed by atoms with van der Waals surface area (Å²) in [4.78, 5) is 11.9. The Bertz CT molecular complexity index is 1190. The van der Waals surface area contributed by atoms with Crippen LogP contribution in [0.2, 0.25) is 0 Å². The van der Waals surface area contributed by atoms with Crippen LogP contribution in [-0.4, -0.2) is 66.6 Å². The number of nitrogens with zero attached hydrogens (tertiary/aromatic N) is 3. The molecular formula is C22H21F3N4O5S. The SMILES string of the molecule is CC(=O)Nc1ccc(S[C@@H]2O[C@H](CO)[C@H](O)[C@H](n3cc(-c4cc(F)c(F)c(F)c4)nn3)[C@H]2O)cc1. The Morgan fingerprint density at radius 3 is 2.40 bits per heavy atom. The second-order valence-electron chi connectivity index (χ2n) is 7.86. The zero-order chi connectivity index (χ0) is 25.3. The smallest absolute Gasteiger partial charge is 0.221 e. The van der Waals surface area contributed by atoms with Gasteiger partial charge in [0.15, 0.2) is 17.5 Å². The molecular weight excluding hydrogens is 489 g/mol. The number of carbonyl (C=O) groups excluding carboxylic acids is 1. The van der Waals surface area contributed by atoms with Gasteiger partial charge in [0, 0.05) is 23.1 Å². The van der Waals surface area contributed by atoms with E-state index in [0.29, 0.717) is 10.6 Å². The molecule has 186 valence electrons. The van der Waals surface area contributed by atoms with Gasteiger partial charge in [-0.1, -0.05) is 17.0 Å². The Balaban J connectivity index is 1.58. The van der Waals surface area contributed by atoms with Gasteiger partial charge in [-0.3, -0.25) is 4.79 Å². The molecule has 4 rings (SSSR count). The van der Waals surface area contributed by atoms with Gasteiger partial charge < -0.3 is 25.4 Å². The number of amides is 1. The van der Waals surface area contributed by atoms with Crippen molar-refractivity contribution in [3.8, 4) is 11.3 Å². The zero-order valence-electron chi connectivity index (χ0n) is 18.2. The van der Waals surface area contributed by atoms with E-state index in [-0.39, 0.29) is 17.2 Å². The van der Waals surface area contributed by atoms with E-state index >= 15 is 0 Å². The van der Waals surface area contributed by atoms with Gasteiger partial charge in [-0.2, -0.15) is 0 Å². The monoisotopic (exact) mass is 510 g/mol. The number of ether oxygens (including phenoxy) is 1. The molecule has 0 radical (unpaired) electrons. The number of carbonyl (C=O) groups is 1. The molecule has 1 aliphatic rings.